The molecule has 11 nitrogen and oxygen atoms in total. The van der Waals surface area contributed by atoms with Gasteiger partial charge in [0.15, 0.2) is 12.1 Å². The molecule has 1 unspecified atom stereocenters. The lowest BCUT2D eigenvalue weighted by atomic mass is 10.1. The number of amides is 2. The maximum atomic E-state index is 13.3. The van der Waals surface area contributed by atoms with E-state index in [-0.39, 0.29) is 18.5 Å². The van der Waals surface area contributed by atoms with Crippen LogP contribution in [-0.2, 0) is 27.1 Å². The first-order chi connectivity index (χ1) is 19.0. The van der Waals surface area contributed by atoms with Crippen LogP contribution in [-0.4, -0.2) is 50.8 Å². The van der Waals surface area contributed by atoms with Crippen LogP contribution >= 0.6 is 11.6 Å². The van der Waals surface area contributed by atoms with E-state index in [0.29, 0.717) is 24.1 Å². The monoisotopic (exact) mass is 581 g/mol. The summed E-state index contributed by atoms with van der Waals surface area (Å²) < 4.78 is 52.7. The molecule has 212 valence electrons. The molecule has 4 rings (SSSR count). The number of Topliss-reactive ketones (excluding diaryl/α,β-unsaturated/α-hetero) is 1. The van der Waals surface area contributed by atoms with Crippen molar-refractivity contribution in [3.63, 3.8) is 0 Å². The molecular formula is C25H23ClF3N5O6. The molecule has 1 saturated heterocycles. The minimum absolute atomic E-state index is 0.126. The van der Waals surface area contributed by atoms with Crippen molar-refractivity contribution >= 4 is 40.8 Å². The number of nitrogens with zero attached hydrogens (tertiary/aromatic N) is 3. The van der Waals surface area contributed by atoms with Crippen molar-refractivity contribution < 1.29 is 42.1 Å². The van der Waals surface area contributed by atoms with Gasteiger partial charge in [0.05, 0.1) is 52.6 Å². The zero-order valence-corrected chi connectivity index (χ0v) is 21.5. The largest absolute Gasteiger partial charge is 0.465 e. The number of halogens is 4. The third-order valence-electron chi connectivity index (χ3n) is 5.84. The Morgan fingerprint density at radius 3 is 2.62 bits per heavy atom. The molecule has 1 aromatic heterocycles. The zero-order valence-electron chi connectivity index (χ0n) is 20.7. The summed E-state index contributed by atoms with van der Waals surface area (Å²) in [6, 6.07) is 7.39. The summed E-state index contributed by atoms with van der Waals surface area (Å²) in [6.45, 7) is 0.783. The Labute approximate surface area is 230 Å². The van der Waals surface area contributed by atoms with E-state index in [2.05, 4.69) is 15.6 Å². The van der Waals surface area contributed by atoms with Gasteiger partial charge in [-0.3, -0.25) is 14.9 Å². The number of anilines is 2. The smallest absolute Gasteiger partial charge is 0.417 e. The van der Waals surface area contributed by atoms with Crippen LogP contribution in [0.4, 0.5) is 29.3 Å². The third kappa shape index (κ3) is 7.34. The van der Waals surface area contributed by atoms with Crippen molar-refractivity contribution in [2.45, 2.75) is 44.8 Å². The van der Waals surface area contributed by atoms with E-state index in [1.165, 1.54) is 23.0 Å². The Bertz CT molecular complexity index is 1410. The fraction of sp³-hybridized carbons (Fsp3) is 0.320. The second-order valence-corrected chi connectivity index (χ2v) is 9.16. The molecule has 1 aliphatic rings. The molecule has 0 radical (unpaired) electrons. The van der Waals surface area contributed by atoms with Gasteiger partial charge in [-0.25, -0.2) is 9.48 Å². The number of hydrogen-bond donors (Lipinski definition) is 3. The second-order valence-electron chi connectivity index (χ2n) is 8.75. The summed E-state index contributed by atoms with van der Waals surface area (Å²) in [4.78, 5) is 36.5. The van der Waals surface area contributed by atoms with Crippen LogP contribution < -0.4 is 10.6 Å². The van der Waals surface area contributed by atoms with Crippen LogP contribution in [0.3, 0.4) is 0 Å². The average Bonchev–Trinajstić information content (AvgIpc) is 3.37. The first-order valence-corrected chi connectivity index (χ1v) is 12.4. The van der Waals surface area contributed by atoms with Crippen LogP contribution in [0.1, 0.15) is 47.3 Å². The van der Waals surface area contributed by atoms with E-state index in [1.54, 1.807) is 12.1 Å². The van der Waals surface area contributed by atoms with Gasteiger partial charge in [-0.15, -0.1) is 5.10 Å². The fourth-order valence-electron chi connectivity index (χ4n) is 3.96. The maximum Gasteiger partial charge on any atom is 0.417 e. The number of carbonyl (C=O) groups is 3. The van der Waals surface area contributed by atoms with Gasteiger partial charge in [0.1, 0.15) is 0 Å². The molecule has 0 spiro atoms. The first-order valence-electron chi connectivity index (χ1n) is 12.0. The molecule has 3 N–H and O–H groups in total. The van der Waals surface area contributed by atoms with Crippen LogP contribution in [0, 0.1) is 0 Å². The molecule has 2 heterocycles. The van der Waals surface area contributed by atoms with Gasteiger partial charge in [0.25, 0.3) is 0 Å². The third-order valence-corrected chi connectivity index (χ3v) is 6.15. The lowest BCUT2D eigenvalue weighted by molar-refractivity contribution is -0.169. The summed E-state index contributed by atoms with van der Waals surface area (Å²) in [5.41, 5.74) is -1.01. The van der Waals surface area contributed by atoms with Gasteiger partial charge >= 0.3 is 12.3 Å². The van der Waals surface area contributed by atoms with E-state index in [0.717, 1.165) is 25.3 Å². The molecule has 15 heteroatoms. The average molecular weight is 582 g/mol. The van der Waals surface area contributed by atoms with Gasteiger partial charge in [-0.2, -0.15) is 13.2 Å². The molecule has 0 aliphatic carbocycles. The van der Waals surface area contributed by atoms with Crippen LogP contribution in [0.2, 0.25) is 5.02 Å². The second kappa shape index (κ2) is 12.4. The number of hydrogen-bond acceptors (Lipinski definition) is 7. The molecule has 0 saturated carbocycles. The van der Waals surface area contributed by atoms with Crippen molar-refractivity contribution in [3.05, 3.63) is 64.4 Å². The first kappa shape index (κ1) is 29.0. The van der Waals surface area contributed by atoms with Gasteiger partial charge < -0.3 is 19.9 Å². The minimum atomic E-state index is -4.87. The highest BCUT2D eigenvalue weighted by Gasteiger charge is 2.34. The molecule has 3 aromatic rings. The summed E-state index contributed by atoms with van der Waals surface area (Å²) in [5.74, 6) is -1.62. The highest BCUT2D eigenvalue weighted by molar-refractivity contribution is 6.32. The maximum absolute atomic E-state index is 13.3. The molecule has 40 heavy (non-hydrogen) atoms. The Morgan fingerprint density at radius 1 is 1.15 bits per heavy atom. The molecular weight excluding hydrogens is 559 g/mol. The SMILES string of the molecule is O=C(O)Nc1cc(Cl)c(C(F)(F)F)cc1NC(=O)CC(=O)c1cccc(-n2nncc2COC2CCCCO2)c1. The quantitative estimate of drug-likeness (QED) is 0.228. The Balaban J connectivity index is 1.47. The van der Waals surface area contributed by atoms with E-state index in [9.17, 15) is 27.6 Å². The predicted molar refractivity (Wildman–Crippen MR) is 135 cm³/mol. The Morgan fingerprint density at radius 2 is 1.93 bits per heavy atom. The van der Waals surface area contributed by atoms with Gasteiger partial charge in [0, 0.05) is 12.2 Å². The number of aromatic nitrogens is 3. The predicted octanol–water partition coefficient (Wildman–Crippen LogP) is 5.28. The fourth-order valence-corrected chi connectivity index (χ4v) is 4.23. The van der Waals surface area contributed by atoms with Crippen LogP contribution in [0.15, 0.2) is 42.6 Å². The normalized spacial score (nSPS) is 15.4. The van der Waals surface area contributed by atoms with E-state index >= 15 is 0 Å². The lowest BCUT2D eigenvalue weighted by Crippen LogP contribution is -2.22. The van der Waals surface area contributed by atoms with E-state index in [1.807, 2.05) is 5.32 Å². The molecule has 1 aliphatic heterocycles. The molecule has 1 fully saturated rings. The van der Waals surface area contributed by atoms with Crippen molar-refractivity contribution in [2.24, 2.45) is 0 Å². The molecule has 0 bridgehead atoms. The van der Waals surface area contributed by atoms with Gasteiger partial charge in [0.2, 0.25) is 5.91 Å². The number of ether oxygens (including phenoxy) is 2. The van der Waals surface area contributed by atoms with Crippen molar-refractivity contribution in [1.29, 1.82) is 0 Å². The highest BCUT2D eigenvalue weighted by Crippen LogP contribution is 2.39. The number of nitrogens with one attached hydrogen (secondary N) is 2. The molecule has 2 aromatic carbocycles. The number of carboxylic acid groups (broad SMARTS) is 1. The highest BCUT2D eigenvalue weighted by atomic mass is 35.5. The number of benzene rings is 2. The van der Waals surface area contributed by atoms with Gasteiger partial charge in [-0.05, 0) is 43.5 Å². The molecule has 2 amide bonds. The summed E-state index contributed by atoms with van der Waals surface area (Å²) >= 11 is 5.65. The summed E-state index contributed by atoms with van der Waals surface area (Å²) in [7, 11) is 0. The lowest BCUT2D eigenvalue weighted by Gasteiger charge is -2.22. The van der Waals surface area contributed by atoms with E-state index < -0.39 is 52.3 Å². The Kier molecular flexibility index (Phi) is 9.02. The van der Waals surface area contributed by atoms with Crippen molar-refractivity contribution in [1.82, 2.24) is 15.0 Å². The van der Waals surface area contributed by atoms with Crippen LogP contribution in [0.5, 0.6) is 0 Å². The standard InChI is InChI=1S/C25H23ClF3N5O6/c26-18-10-20(32-24(37)38)19(9-17(18)25(27,28)29)31-22(36)11-21(35)14-4-3-5-15(8-14)34-16(12-30-33-34)13-40-23-6-1-2-7-39-23/h3-5,8-10,12,23,32H,1-2,6-7,11,13H2,(H,31,36)(H,37,38). The number of ketones is 1. The van der Waals surface area contributed by atoms with E-state index in [4.69, 9.17) is 26.2 Å². The molecule has 1 atom stereocenters. The minimum Gasteiger partial charge on any atom is -0.465 e. The number of alkyl halides is 3. The summed E-state index contributed by atoms with van der Waals surface area (Å²) in [6.07, 6.45) is -3.28. The topological polar surface area (TPSA) is 145 Å². The van der Waals surface area contributed by atoms with Crippen molar-refractivity contribution in [3.8, 4) is 5.69 Å². The number of rotatable bonds is 9. The summed E-state index contributed by atoms with van der Waals surface area (Å²) in [5, 5.41) is 20.2. The van der Waals surface area contributed by atoms with Gasteiger partial charge in [-0.1, -0.05) is 28.9 Å². The number of carbonyl (C=O) groups excluding carboxylic acids is 2. The van der Waals surface area contributed by atoms with Crippen molar-refractivity contribution in [2.75, 3.05) is 17.2 Å². The van der Waals surface area contributed by atoms with Crippen LogP contribution in [0.25, 0.3) is 5.69 Å². The zero-order chi connectivity index (χ0) is 28.9. The Hall–Kier alpha value is -4.01.